The quantitative estimate of drug-likeness (QED) is 0.759. The van der Waals surface area contributed by atoms with E-state index in [0.717, 1.165) is 5.56 Å². The number of aromatic hydroxyl groups is 1. The zero-order valence-corrected chi connectivity index (χ0v) is 9.20. The molecule has 2 heteroatoms. The lowest BCUT2D eigenvalue weighted by Gasteiger charge is -2.37. The van der Waals surface area contributed by atoms with Crippen molar-refractivity contribution in [3.63, 3.8) is 0 Å². The molecule has 0 unspecified atom stereocenters. The van der Waals surface area contributed by atoms with Crippen molar-refractivity contribution in [3.8, 4) is 5.75 Å². The molecule has 2 nitrogen and oxygen atoms in total. The van der Waals surface area contributed by atoms with Crippen LogP contribution < -0.4 is 0 Å². The third-order valence-corrected chi connectivity index (χ3v) is 3.12. The van der Waals surface area contributed by atoms with Crippen LogP contribution in [0.25, 0.3) is 0 Å². The summed E-state index contributed by atoms with van der Waals surface area (Å²) in [5.41, 5.74) is -0.104. The number of rotatable bonds is 2. The molecule has 0 heterocycles. The van der Waals surface area contributed by atoms with Crippen LogP contribution in [0.3, 0.4) is 0 Å². The van der Waals surface area contributed by atoms with Gasteiger partial charge in [0.1, 0.15) is 5.75 Å². The van der Waals surface area contributed by atoms with Gasteiger partial charge in [0.2, 0.25) is 0 Å². The van der Waals surface area contributed by atoms with E-state index in [0.29, 0.717) is 0 Å². The Bertz CT molecular complexity index is 304. The van der Waals surface area contributed by atoms with Crippen molar-refractivity contribution in [1.82, 2.24) is 0 Å². The normalized spacial score (nSPS) is 12.9. The van der Waals surface area contributed by atoms with E-state index < -0.39 is 5.60 Å². The topological polar surface area (TPSA) is 40.5 Å². The highest BCUT2D eigenvalue weighted by Gasteiger charge is 2.36. The lowest BCUT2D eigenvalue weighted by atomic mass is 9.72. The van der Waals surface area contributed by atoms with Crippen molar-refractivity contribution in [2.45, 2.75) is 38.7 Å². The Morgan fingerprint density at radius 1 is 0.929 bits per heavy atom. The maximum atomic E-state index is 10.0. The molecule has 0 fully saturated rings. The Hall–Kier alpha value is -1.02. The molecule has 0 bridgehead atoms. The molecule has 0 radical (unpaired) electrons. The van der Waals surface area contributed by atoms with Crippen LogP contribution in [-0.4, -0.2) is 15.8 Å². The molecule has 0 spiro atoms. The molecular formula is C12H18O2. The summed E-state index contributed by atoms with van der Waals surface area (Å²) < 4.78 is 0. The summed E-state index contributed by atoms with van der Waals surface area (Å²) in [4.78, 5) is 0. The fourth-order valence-electron chi connectivity index (χ4n) is 1.23. The molecule has 1 aromatic carbocycles. The minimum Gasteiger partial charge on any atom is -0.508 e. The highest BCUT2D eigenvalue weighted by Crippen LogP contribution is 2.34. The molecule has 14 heavy (non-hydrogen) atoms. The third kappa shape index (κ3) is 1.90. The SMILES string of the molecule is CC(C)(O)C(C)(C)c1ccc(O)cc1. The first-order valence-electron chi connectivity index (χ1n) is 4.77. The van der Waals surface area contributed by atoms with Crippen LogP contribution in [-0.2, 0) is 5.41 Å². The smallest absolute Gasteiger partial charge is 0.115 e. The van der Waals surface area contributed by atoms with Gasteiger partial charge in [0.05, 0.1) is 5.60 Å². The number of phenols is 1. The Morgan fingerprint density at radius 2 is 1.36 bits per heavy atom. The molecule has 0 aromatic heterocycles. The first-order chi connectivity index (χ1) is 6.25. The van der Waals surface area contributed by atoms with Gasteiger partial charge in [0.25, 0.3) is 0 Å². The standard InChI is InChI=1S/C12H18O2/c1-11(2,12(3,4)14)9-5-7-10(13)8-6-9/h5-8,13-14H,1-4H3. The maximum absolute atomic E-state index is 10.0. The highest BCUT2D eigenvalue weighted by atomic mass is 16.3. The van der Waals surface area contributed by atoms with E-state index in [9.17, 15) is 5.11 Å². The second kappa shape index (κ2) is 3.28. The second-order valence-electron chi connectivity index (χ2n) is 4.73. The summed E-state index contributed by atoms with van der Waals surface area (Å²) in [5, 5.41) is 19.2. The zero-order chi connectivity index (χ0) is 11.0. The van der Waals surface area contributed by atoms with E-state index >= 15 is 0 Å². The lowest BCUT2D eigenvalue weighted by molar-refractivity contribution is 0.00961. The molecule has 0 saturated carbocycles. The van der Waals surface area contributed by atoms with Gasteiger partial charge in [0.15, 0.2) is 0 Å². The van der Waals surface area contributed by atoms with Crippen molar-refractivity contribution in [2.24, 2.45) is 0 Å². The Balaban J connectivity index is 3.10. The first-order valence-corrected chi connectivity index (χ1v) is 4.77. The van der Waals surface area contributed by atoms with Gasteiger partial charge >= 0.3 is 0 Å². The van der Waals surface area contributed by atoms with E-state index in [1.807, 2.05) is 26.0 Å². The van der Waals surface area contributed by atoms with Gasteiger partial charge in [-0.3, -0.25) is 0 Å². The Labute approximate surface area is 85.2 Å². The van der Waals surface area contributed by atoms with Crippen molar-refractivity contribution >= 4 is 0 Å². The van der Waals surface area contributed by atoms with E-state index in [1.54, 1.807) is 26.0 Å². The number of phenolic OH excluding ortho intramolecular Hbond substituents is 1. The number of aliphatic hydroxyl groups is 1. The summed E-state index contributed by atoms with van der Waals surface area (Å²) in [7, 11) is 0. The van der Waals surface area contributed by atoms with E-state index in [2.05, 4.69) is 0 Å². The van der Waals surface area contributed by atoms with Gasteiger partial charge in [-0.2, -0.15) is 0 Å². The lowest BCUT2D eigenvalue weighted by Crippen LogP contribution is -2.42. The van der Waals surface area contributed by atoms with Crippen LogP contribution in [0.4, 0.5) is 0 Å². The number of benzene rings is 1. The molecule has 0 amide bonds. The molecule has 0 aliphatic rings. The fourth-order valence-corrected chi connectivity index (χ4v) is 1.23. The molecule has 1 rings (SSSR count). The van der Waals surface area contributed by atoms with Gasteiger partial charge in [-0.15, -0.1) is 0 Å². The molecule has 0 saturated heterocycles. The number of hydrogen-bond donors (Lipinski definition) is 2. The van der Waals surface area contributed by atoms with E-state index in [1.165, 1.54) is 0 Å². The summed E-state index contributed by atoms with van der Waals surface area (Å²) in [6.45, 7) is 7.55. The minimum atomic E-state index is -0.788. The molecular weight excluding hydrogens is 176 g/mol. The minimum absolute atomic E-state index is 0.250. The second-order valence-corrected chi connectivity index (χ2v) is 4.73. The van der Waals surface area contributed by atoms with E-state index in [4.69, 9.17) is 5.11 Å². The first kappa shape index (κ1) is 11.1. The van der Waals surface area contributed by atoms with Gasteiger partial charge < -0.3 is 10.2 Å². The van der Waals surface area contributed by atoms with Crippen molar-refractivity contribution < 1.29 is 10.2 Å². The van der Waals surface area contributed by atoms with Crippen molar-refractivity contribution in [1.29, 1.82) is 0 Å². The predicted octanol–water partition coefficient (Wildman–Crippen LogP) is 2.44. The van der Waals surface area contributed by atoms with Crippen LogP contribution in [0.2, 0.25) is 0 Å². The van der Waals surface area contributed by atoms with E-state index in [-0.39, 0.29) is 11.2 Å². The zero-order valence-electron chi connectivity index (χ0n) is 9.20. The summed E-state index contributed by atoms with van der Waals surface area (Å²) in [5.74, 6) is 0.250. The third-order valence-electron chi connectivity index (χ3n) is 3.12. The van der Waals surface area contributed by atoms with Gasteiger partial charge in [-0.05, 0) is 31.5 Å². The predicted molar refractivity (Wildman–Crippen MR) is 57.4 cm³/mol. The van der Waals surface area contributed by atoms with Crippen molar-refractivity contribution in [2.75, 3.05) is 0 Å². The summed E-state index contributed by atoms with van der Waals surface area (Å²) in [6, 6.07) is 6.96. The van der Waals surface area contributed by atoms with Crippen LogP contribution in [0.1, 0.15) is 33.3 Å². The number of hydrogen-bond acceptors (Lipinski definition) is 2. The van der Waals surface area contributed by atoms with Crippen molar-refractivity contribution in [3.05, 3.63) is 29.8 Å². The average Bonchev–Trinajstić information content (AvgIpc) is 2.03. The van der Waals surface area contributed by atoms with Gasteiger partial charge in [-0.1, -0.05) is 26.0 Å². The molecule has 0 aliphatic heterocycles. The van der Waals surface area contributed by atoms with Gasteiger partial charge in [0, 0.05) is 5.41 Å². The van der Waals surface area contributed by atoms with Crippen LogP contribution in [0.15, 0.2) is 24.3 Å². The molecule has 0 atom stereocenters. The molecule has 78 valence electrons. The Morgan fingerprint density at radius 3 is 1.71 bits per heavy atom. The monoisotopic (exact) mass is 194 g/mol. The molecule has 1 aromatic rings. The summed E-state index contributed by atoms with van der Waals surface area (Å²) in [6.07, 6.45) is 0. The van der Waals surface area contributed by atoms with Gasteiger partial charge in [-0.25, -0.2) is 0 Å². The fraction of sp³-hybridized carbons (Fsp3) is 0.500. The largest absolute Gasteiger partial charge is 0.508 e. The van der Waals surface area contributed by atoms with Crippen LogP contribution in [0, 0.1) is 0 Å². The van der Waals surface area contributed by atoms with Crippen LogP contribution in [0.5, 0.6) is 5.75 Å². The molecule has 2 N–H and O–H groups in total. The van der Waals surface area contributed by atoms with Crippen LogP contribution >= 0.6 is 0 Å². The molecule has 0 aliphatic carbocycles. The summed E-state index contributed by atoms with van der Waals surface area (Å²) >= 11 is 0. The average molecular weight is 194 g/mol. The Kier molecular flexibility index (Phi) is 2.59. The highest BCUT2D eigenvalue weighted by molar-refractivity contribution is 5.32. The maximum Gasteiger partial charge on any atom is 0.115 e.